The fourth-order valence-corrected chi connectivity index (χ4v) is 4.00. The Morgan fingerprint density at radius 3 is 2.79 bits per heavy atom. The molecule has 2 atom stereocenters. The molecule has 0 bridgehead atoms. The summed E-state index contributed by atoms with van der Waals surface area (Å²) in [6.07, 6.45) is 4.70. The van der Waals surface area contributed by atoms with Crippen LogP contribution in [0.3, 0.4) is 0 Å². The zero-order valence-corrected chi connectivity index (χ0v) is 15.2. The minimum atomic E-state index is 0.101. The zero-order valence-electron chi connectivity index (χ0n) is 15.2. The van der Waals surface area contributed by atoms with E-state index in [1.807, 2.05) is 35.8 Å². The van der Waals surface area contributed by atoms with E-state index in [1.165, 1.54) is 12.8 Å². The highest BCUT2D eigenvalue weighted by Crippen LogP contribution is 2.29. The molecule has 0 unspecified atom stereocenters. The quantitative estimate of drug-likeness (QED) is 0.833. The Morgan fingerprint density at radius 1 is 1.29 bits per heavy atom. The zero-order chi connectivity index (χ0) is 17.1. The predicted octanol–water partition coefficient (Wildman–Crippen LogP) is 3.99. The molecule has 0 amide bonds. The number of rotatable bonds is 5. The molecular weight excluding hydrogens is 298 g/mol. The van der Waals surface area contributed by atoms with Crippen molar-refractivity contribution in [3.8, 4) is 0 Å². The number of hydrogen-bond donors (Lipinski definition) is 0. The summed E-state index contributed by atoms with van der Waals surface area (Å²) in [5.74, 6) is 1.68. The van der Waals surface area contributed by atoms with Crippen LogP contribution in [-0.2, 0) is 6.54 Å². The summed E-state index contributed by atoms with van der Waals surface area (Å²) >= 11 is 0. The normalized spacial score (nSPS) is 20.4. The van der Waals surface area contributed by atoms with Crippen LogP contribution >= 0.6 is 0 Å². The van der Waals surface area contributed by atoms with E-state index in [4.69, 9.17) is 4.98 Å². The second kappa shape index (κ2) is 7.47. The monoisotopic (exact) mass is 327 g/mol. The molecular formula is C20H29N3O. The molecule has 4 nitrogen and oxygen atoms in total. The summed E-state index contributed by atoms with van der Waals surface area (Å²) in [6.45, 7) is 9.49. The lowest BCUT2D eigenvalue weighted by Gasteiger charge is -2.37. The number of nitrogens with zero attached hydrogens (tertiary/aromatic N) is 3. The second-order valence-corrected chi connectivity index (χ2v) is 7.08. The lowest BCUT2D eigenvalue weighted by atomic mass is 9.97. The molecule has 4 heteroatoms. The molecule has 0 spiro atoms. The average molecular weight is 327 g/mol. The molecule has 0 aliphatic carbocycles. The van der Waals surface area contributed by atoms with Crippen LogP contribution in [0.5, 0.6) is 0 Å². The molecule has 0 N–H and O–H groups in total. The molecule has 1 aliphatic heterocycles. The Morgan fingerprint density at radius 2 is 2.08 bits per heavy atom. The van der Waals surface area contributed by atoms with E-state index in [-0.39, 0.29) is 11.6 Å². The van der Waals surface area contributed by atoms with Crippen LogP contribution in [0.1, 0.15) is 58.3 Å². The highest BCUT2D eigenvalue weighted by atomic mass is 16.1. The first-order chi connectivity index (χ1) is 11.7. The molecule has 2 aromatic rings. The fraction of sp³-hybridized carbons (Fsp3) is 0.600. The van der Waals surface area contributed by atoms with Crippen LogP contribution in [0.2, 0.25) is 0 Å². The number of likely N-dealkylation sites (tertiary alicyclic amines) is 1. The van der Waals surface area contributed by atoms with E-state index in [0.29, 0.717) is 6.54 Å². The summed E-state index contributed by atoms with van der Waals surface area (Å²) in [4.78, 5) is 20.4. The van der Waals surface area contributed by atoms with Gasteiger partial charge in [-0.05, 0) is 50.8 Å². The van der Waals surface area contributed by atoms with Gasteiger partial charge in [-0.3, -0.25) is 14.3 Å². The lowest BCUT2D eigenvalue weighted by molar-refractivity contribution is 0.115. The number of piperidine rings is 1. The number of hydrogen-bond acceptors (Lipinski definition) is 3. The van der Waals surface area contributed by atoms with Crippen molar-refractivity contribution in [3.63, 3.8) is 0 Å². The summed E-state index contributed by atoms with van der Waals surface area (Å²) in [5.41, 5.74) is 0.928. The minimum absolute atomic E-state index is 0.101. The van der Waals surface area contributed by atoms with Crippen LogP contribution < -0.4 is 5.56 Å². The number of aromatic nitrogens is 2. The maximum absolute atomic E-state index is 12.9. The largest absolute Gasteiger partial charge is 0.295 e. The Hall–Kier alpha value is -1.68. The van der Waals surface area contributed by atoms with Gasteiger partial charge in [-0.15, -0.1) is 0 Å². The van der Waals surface area contributed by atoms with Gasteiger partial charge in [0.1, 0.15) is 5.82 Å². The molecule has 1 aromatic carbocycles. The maximum atomic E-state index is 12.9. The highest BCUT2D eigenvalue weighted by molar-refractivity contribution is 5.77. The standard InChI is InChI=1S/C20H29N3O/c1-4-9-18(22-13-8-10-15(3)14-22)19-21-17-12-7-6-11-16(17)20(24)23(19)5-2/h6-7,11-12,15,18H,4-5,8-10,13-14H2,1-3H3/t15-,18+/m1/s1. The molecule has 0 radical (unpaired) electrons. The fourth-order valence-electron chi connectivity index (χ4n) is 4.00. The van der Waals surface area contributed by atoms with Crippen LogP contribution in [0.25, 0.3) is 10.9 Å². The van der Waals surface area contributed by atoms with Gasteiger partial charge in [0.2, 0.25) is 0 Å². The Kier molecular flexibility index (Phi) is 5.34. The van der Waals surface area contributed by atoms with Crippen molar-refractivity contribution in [2.45, 2.75) is 59.0 Å². The second-order valence-electron chi connectivity index (χ2n) is 7.08. The Balaban J connectivity index is 2.11. The highest BCUT2D eigenvalue weighted by Gasteiger charge is 2.28. The average Bonchev–Trinajstić information content (AvgIpc) is 2.59. The van der Waals surface area contributed by atoms with E-state index < -0.39 is 0 Å². The molecule has 2 heterocycles. The van der Waals surface area contributed by atoms with Crippen LogP contribution in [0, 0.1) is 5.92 Å². The first kappa shape index (κ1) is 17.2. The molecule has 1 fully saturated rings. The van der Waals surface area contributed by atoms with E-state index >= 15 is 0 Å². The van der Waals surface area contributed by atoms with Crippen molar-refractivity contribution in [1.82, 2.24) is 14.5 Å². The van der Waals surface area contributed by atoms with Crippen molar-refractivity contribution >= 4 is 10.9 Å². The first-order valence-electron chi connectivity index (χ1n) is 9.39. The van der Waals surface area contributed by atoms with Gasteiger partial charge in [0.05, 0.1) is 16.9 Å². The maximum Gasteiger partial charge on any atom is 0.261 e. The summed E-state index contributed by atoms with van der Waals surface area (Å²) in [6, 6.07) is 7.98. The predicted molar refractivity (Wildman–Crippen MR) is 99.3 cm³/mol. The first-order valence-corrected chi connectivity index (χ1v) is 9.39. The SMILES string of the molecule is CCC[C@@H](c1nc2ccccc2c(=O)n1CC)N1CCC[C@@H](C)C1. The van der Waals surface area contributed by atoms with Crippen LogP contribution in [-0.4, -0.2) is 27.5 Å². The molecule has 1 aliphatic rings. The van der Waals surface area contributed by atoms with E-state index in [1.54, 1.807) is 0 Å². The third-order valence-electron chi connectivity index (χ3n) is 5.20. The van der Waals surface area contributed by atoms with E-state index in [9.17, 15) is 4.79 Å². The van der Waals surface area contributed by atoms with Gasteiger partial charge in [0.15, 0.2) is 0 Å². The van der Waals surface area contributed by atoms with E-state index in [2.05, 4.69) is 18.7 Å². The van der Waals surface area contributed by atoms with Gasteiger partial charge in [-0.25, -0.2) is 4.98 Å². The van der Waals surface area contributed by atoms with Gasteiger partial charge >= 0.3 is 0 Å². The Bertz CT molecular complexity index is 752. The molecule has 0 saturated carbocycles. The summed E-state index contributed by atoms with van der Waals surface area (Å²) in [7, 11) is 0. The molecule has 1 saturated heterocycles. The van der Waals surface area contributed by atoms with Crippen molar-refractivity contribution < 1.29 is 0 Å². The molecule has 130 valence electrons. The van der Waals surface area contributed by atoms with Crippen LogP contribution in [0.4, 0.5) is 0 Å². The number of benzene rings is 1. The third kappa shape index (κ3) is 3.25. The van der Waals surface area contributed by atoms with Gasteiger partial charge < -0.3 is 0 Å². The Labute approximate surface area is 144 Å². The van der Waals surface area contributed by atoms with Crippen LogP contribution in [0.15, 0.2) is 29.1 Å². The topological polar surface area (TPSA) is 38.1 Å². The van der Waals surface area contributed by atoms with E-state index in [0.717, 1.165) is 48.6 Å². The van der Waals surface area contributed by atoms with Crippen molar-refractivity contribution in [2.24, 2.45) is 5.92 Å². The minimum Gasteiger partial charge on any atom is -0.295 e. The molecule has 3 rings (SSSR count). The lowest BCUT2D eigenvalue weighted by Crippen LogP contribution is -2.40. The van der Waals surface area contributed by atoms with Gasteiger partial charge in [0.25, 0.3) is 5.56 Å². The summed E-state index contributed by atoms with van der Waals surface area (Å²) < 4.78 is 1.89. The van der Waals surface area contributed by atoms with Crippen molar-refractivity contribution in [2.75, 3.05) is 13.1 Å². The molecule has 24 heavy (non-hydrogen) atoms. The van der Waals surface area contributed by atoms with Gasteiger partial charge in [-0.1, -0.05) is 32.4 Å². The van der Waals surface area contributed by atoms with Crippen molar-refractivity contribution in [1.29, 1.82) is 0 Å². The number of fused-ring (bicyclic) bond motifs is 1. The third-order valence-corrected chi connectivity index (χ3v) is 5.20. The van der Waals surface area contributed by atoms with Gasteiger partial charge in [-0.2, -0.15) is 0 Å². The van der Waals surface area contributed by atoms with Gasteiger partial charge in [0, 0.05) is 13.1 Å². The summed E-state index contributed by atoms with van der Waals surface area (Å²) in [5, 5.41) is 0.727. The molecule has 1 aromatic heterocycles. The van der Waals surface area contributed by atoms with Crippen molar-refractivity contribution in [3.05, 3.63) is 40.4 Å². The number of para-hydroxylation sites is 1. The smallest absolute Gasteiger partial charge is 0.261 e.